The molecule has 0 fully saturated rings. The van der Waals surface area contributed by atoms with Gasteiger partial charge in [-0.15, -0.1) is 0 Å². The number of phenols is 2. The van der Waals surface area contributed by atoms with E-state index in [1.807, 2.05) is 6.92 Å². The Balaban J connectivity index is 2.50. The maximum Gasteiger partial charge on any atom is 0.133 e. The maximum atomic E-state index is 10.1. The maximum absolute atomic E-state index is 10.1. The summed E-state index contributed by atoms with van der Waals surface area (Å²) in [4.78, 5) is 0. The van der Waals surface area contributed by atoms with Crippen molar-refractivity contribution in [2.24, 2.45) is 5.92 Å². The van der Waals surface area contributed by atoms with E-state index in [0.29, 0.717) is 10.4 Å². The number of hydrogen-bond donors (Lipinski definition) is 2. The molecule has 0 saturated heterocycles. The quantitative estimate of drug-likeness (QED) is 0.762. The summed E-state index contributed by atoms with van der Waals surface area (Å²) in [6.45, 7) is 8.24. The smallest absolute Gasteiger partial charge is 0.133 e. The van der Waals surface area contributed by atoms with Crippen LogP contribution in [0.15, 0.2) is 40.4 Å². The molecule has 1 aliphatic carbocycles. The third-order valence-electron chi connectivity index (χ3n) is 3.84. The molecule has 0 heterocycles. The Kier molecular flexibility index (Phi) is 4.04. The number of aromatic hydroxyl groups is 2. The SMILES string of the molecule is C=C(C)[C@@H]1CCC(C)=C[C@H]1c1cc(Br)c(O)cc1O. The fourth-order valence-electron chi connectivity index (χ4n) is 2.76. The van der Waals surface area contributed by atoms with E-state index in [2.05, 4.69) is 35.5 Å². The molecule has 0 saturated carbocycles. The van der Waals surface area contributed by atoms with Crippen LogP contribution in [0.4, 0.5) is 0 Å². The number of allylic oxidation sites excluding steroid dienone is 3. The molecule has 2 atom stereocenters. The number of phenolic OH excluding ortho intramolecular Hbond substituents is 2. The van der Waals surface area contributed by atoms with Crippen molar-refractivity contribution in [3.05, 3.63) is 46.0 Å². The standard InChI is InChI=1S/C16H19BrO2/c1-9(2)11-5-4-10(3)6-12(11)13-7-14(17)16(19)8-15(13)18/h6-8,11-12,18-19H,1,4-5H2,2-3H3/t11-,12+/m0/s1. The highest BCUT2D eigenvalue weighted by molar-refractivity contribution is 9.10. The van der Waals surface area contributed by atoms with E-state index >= 15 is 0 Å². The summed E-state index contributed by atoms with van der Waals surface area (Å²) in [6.07, 6.45) is 4.34. The fourth-order valence-corrected chi connectivity index (χ4v) is 3.12. The second-order valence-corrected chi connectivity index (χ2v) is 6.25. The predicted molar refractivity (Wildman–Crippen MR) is 81.5 cm³/mol. The van der Waals surface area contributed by atoms with Crippen LogP contribution >= 0.6 is 15.9 Å². The molecule has 2 rings (SSSR count). The topological polar surface area (TPSA) is 40.5 Å². The summed E-state index contributed by atoms with van der Waals surface area (Å²) in [7, 11) is 0. The zero-order valence-electron chi connectivity index (χ0n) is 11.3. The van der Waals surface area contributed by atoms with E-state index in [1.54, 1.807) is 6.07 Å². The van der Waals surface area contributed by atoms with Gasteiger partial charge in [-0.1, -0.05) is 23.8 Å². The summed E-state index contributed by atoms with van der Waals surface area (Å²) >= 11 is 3.31. The Labute approximate surface area is 122 Å². The summed E-state index contributed by atoms with van der Waals surface area (Å²) < 4.78 is 0.609. The monoisotopic (exact) mass is 322 g/mol. The first-order valence-electron chi connectivity index (χ1n) is 6.44. The molecule has 19 heavy (non-hydrogen) atoms. The van der Waals surface area contributed by atoms with E-state index in [-0.39, 0.29) is 17.4 Å². The highest BCUT2D eigenvalue weighted by Gasteiger charge is 2.28. The van der Waals surface area contributed by atoms with Gasteiger partial charge in [-0.2, -0.15) is 0 Å². The molecule has 0 amide bonds. The Morgan fingerprint density at radius 1 is 1.32 bits per heavy atom. The molecule has 0 bridgehead atoms. The second kappa shape index (κ2) is 5.41. The van der Waals surface area contributed by atoms with E-state index in [1.165, 1.54) is 11.6 Å². The minimum atomic E-state index is 0.0598. The molecule has 0 radical (unpaired) electrons. The van der Waals surface area contributed by atoms with Gasteiger partial charge in [0.05, 0.1) is 4.47 Å². The molecule has 3 heteroatoms. The van der Waals surface area contributed by atoms with Gasteiger partial charge in [0.15, 0.2) is 0 Å². The Morgan fingerprint density at radius 2 is 2.00 bits per heavy atom. The van der Waals surface area contributed by atoms with Crippen LogP contribution in [0.2, 0.25) is 0 Å². The van der Waals surface area contributed by atoms with Crippen LogP contribution in [0.3, 0.4) is 0 Å². The first-order chi connectivity index (χ1) is 8.90. The molecule has 1 aromatic rings. The van der Waals surface area contributed by atoms with Crippen LogP contribution < -0.4 is 0 Å². The van der Waals surface area contributed by atoms with Crippen LogP contribution in [-0.4, -0.2) is 10.2 Å². The van der Waals surface area contributed by atoms with Crippen molar-refractivity contribution < 1.29 is 10.2 Å². The lowest BCUT2D eigenvalue weighted by molar-refractivity contribution is 0.425. The van der Waals surface area contributed by atoms with Gasteiger partial charge in [0.1, 0.15) is 11.5 Å². The predicted octanol–water partition coefficient (Wildman–Crippen LogP) is 4.88. The van der Waals surface area contributed by atoms with Gasteiger partial charge in [-0.3, -0.25) is 0 Å². The highest BCUT2D eigenvalue weighted by atomic mass is 79.9. The molecule has 2 N–H and O–H groups in total. The van der Waals surface area contributed by atoms with Crippen molar-refractivity contribution in [2.75, 3.05) is 0 Å². The molecule has 102 valence electrons. The molecular weight excluding hydrogens is 304 g/mol. The van der Waals surface area contributed by atoms with Gasteiger partial charge in [0.2, 0.25) is 0 Å². The van der Waals surface area contributed by atoms with Gasteiger partial charge in [-0.05, 0) is 54.6 Å². The average Bonchev–Trinajstić information content (AvgIpc) is 2.33. The van der Waals surface area contributed by atoms with Crippen LogP contribution in [0.5, 0.6) is 11.5 Å². The van der Waals surface area contributed by atoms with Gasteiger partial charge < -0.3 is 10.2 Å². The Morgan fingerprint density at radius 3 is 2.63 bits per heavy atom. The normalized spacial score (nSPS) is 23.0. The third kappa shape index (κ3) is 2.86. The van der Waals surface area contributed by atoms with Crippen molar-refractivity contribution in [2.45, 2.75) is 32.6 Å². The van der Waals surface area contributed by atoms with E-state index < -0.39 is 0 Å². The van der Waals surface area contributed by atoms with Gasteiger partial charge in [0.25, 0.3) is 0 Å². The largest absolute Gasteiger partial charge is 0.508 e. The first-order valence-corrected chi connectivity index (χ1v) is 7.23. The summed E-state index contributed by atoms with van der Waals surface area (Å²) in [5, 5.41) is 19.7. The Bertz CT molecular complexity index is 546. The lowest BCUT2D eigenvalue weighted by atomic mass is 9.74. The van der Waals surface area contributed by atoms with Crippen LogP contribution in [0.1, 0.15) is 38.2 Å². The van der Waals surface area contributed by atoms with Crippen molar-refractivity contribution in [3.63, 3.8) is 0 Å². The van der Waals surface area contributed by atoms with Crippen molar-refractivity contribution in [1.29, 1.82) is 0 Å². The van der Waals surface area contributed by atoms with Crippen LogP contribution in [0.25, 0.3) is 0 Å². The fraction of sp³-hybridized carbons (Fsp3) is 0.375. The molecular formula is C16H19BrO2. The second-order valence-electron chi connectivity index (χ2n) is 5.39. The first kappa shape index (κ1) is 14.2. The lowest BCUT2D eigenvalue weighted by Gasteiger charge is -2.31. The summed E-state index contributed by atoms with van der Waals surface area (Å²) in [6, 6.07) is 3.20. The molecule has 1 aromatic carbocycles. The highest BCUT2D eigenvalue weighted by Crippen LogP contribution is 2.44. The summed E-state index contributed by atoms with van der Waals surface area (Å²) in [5.74, 6) is 0.668. The number of hydrogen-bond acceptors (Lipinski definition) is 2. The minimum absolute atomic E-state index is 0.0598. The molecule has 0 aliphatic heterocycles. The molecule has 0 spiro atoms. The van der Waals surface area contributed by atoms with Crippen LogP contribution in [0, 0.1) is 5.92 Å². The molecule has 2 nitrogen and oxygen atoms in total. The van der Waals surface area contributed by atoms with Crippen molar-refractivity contribution in [1.82, 2.24) is 0 Å². The number of benzene rings is 1. The van der Waals surface area contributed by atoms with E-state index in [0.717, 1.165) is 24.0 Å². The van der Waals surface area contributed by atoms with E-state index in [4.69, 9.17) is 0 Å². The molecule has 0 unspecified atom stereocenters. The third-order valence-corrected chi connectivity index (χ3v) is 4.47. The lowest BCUT2D eigenvalue weighted by Crippen LogP contribution is -2.17. The van der Waals surface area contributed by atoms with Gasteiger partial charge >= 0.3 is 0 Å². The van der Waals surface area contributed by atoms with Crippen LogP contribution in [-0.2, 0) is 0 Å². The molecule has 1 aliphatic rings. The van der Waals surface area contributed by atoms with Gasteiger partial charge in [-0.25, -0.2) is 0 Å². The van der Waals surface area contributed by atoms with Crippen molar-refractivity contribution in [3.8, 4) is 11.5 Å². The zero-order chi connectivity index (χ0) is 14.2. The number of halogens is 1. The minimum Gasteiger partial charge on any atom is -0.508 e. The van der Waals surface area contributed by atoms with Crippen molar-refractivity contribution >= 4 is 15.9 Å². The summed E-state index contributed by atoms with van der Waals surface area (Å²) in [5.41, 5.74) is 3.32. The van der Waals surface area contributed by atoms with E-state index in [9.17, 15) is 10.2 Å². The number of rotatable bonds is 2. The zero-order valence-corrected chi connectivity index (χ0v) is 12.9. The Hall–Kier alpha value is -1.22. The average molecular weight is 323 g/mol. The molecule has 0 aromatic heterocycles. The van der Waals surface area contributed by atoms with Gasteiger partial charge in [0, 0.05) is 17.5 Å².